The van der Waals surface area contributed by atoms with E-state index >= 15 is 0 Å². The second kappa shape index (κ2) is 21.6. The van der Waals surface area contributed by atoms with Gasteiger partial charge in [-0.1, -0.05) is 65.2 Å². The molecule has 1 unspecified atom stereocenters. The number of unbranched alkanes of at least 4 members (excludes halogenated alkanes) is 8. The van der Waals surface area contributed by atoms with E-state index < -0.39 is 56.9 Å². The molecule has 1 saturated carbocycles. The van der Waals surface area contributed by atoms with Crippen molar-refractivity contribution in [2.75, 3.05) is 13.2 Å². The molecule has 11 nitrogen and oxygen atoms in total. The van der Waals surface area contributed by atoms with Gasteiger partial charge in [-0.3, -0.25) is 14.2 Å². The Morgan fingerprint density at radius 2 is 1.34 bits per heavy atom. The number of carbonyl (C=O) groups is 2. The maximum absolute atomic E-state index is 12.4. The van der Waals surface area contributed by atoms with Crippen LogP contribution in [0.3, 0.4) is 0 Å². The van der Waals surface area contributed by atoms with Crippen molar-refractivity contribution >= 4 is 19.8 Å². The molecule has 1 fully saturated rings. The van der Waals surface area contributed by atoms with Gasteiger partial charge in [-0.15, -0.1) is 0 Å². The normalized spacial score (nSPS) is 23.6. The van der Waals surface area contributed by atoms with E-state index in [4.69, 9.17) is 18.5 Å². The van der Waals surface area contributed by atoms with Crippen molar-refractivity contribution in [3.8, 4) is 0 Å². The molecular formula is C25H46NaO11P. The van der Waals surface area contributed by atoms with Crippen molar-refractivity contribution in [3.63, 3.8) is 0 Å². The van der Waals surface area contributed by atoms with Crippen LogP contribution >= 0.6 is 7.82 Å². The minimum absolute atomic E-state index is 0. The van der Waals surface area contributed by atoms with Crippen LogP contribution in [0.15, 0.2) is 0 Å². The largest absolute Gasteiger partial charge is 1.00 e. The number of ether oxygens (including phenoxy) is 2. The zero-order valence-electron chi connectivity index (χ0n) is 23.3. The van der Waals surface area contributed by atoms with Crippen molar-refractivity contribution in [2.45, 2.75) is 134 Å². The van der Waals surface area contributed by atoms with Gasteiger partial charge < -0.3 is 38.7 Å². The Kier molecular flexibility index (Phi) is 21.6. The van der Waals surface area contributed by atoms with E-state index in [1.165, 1.54) is 0 Å². The van der Waals surface area contributed by atoms with E-state index in [1.54, 1.807) is 0 Å². The fourth-order valence-corrected chi connectivity index (χ4v) is 5.03. The third-order valence-corrected chi connectivity index (χ3v) is 7.12. The van der Waals surface area contributed by atoms with Gasteiger partial charge in [-0.05, 0) is 12.8 Å². The molecule has 0 amide bonds. The first kappa shape index (κ1) is 37.9. The first-order chi connectivity index (χ1) is 17.6. The van der Waals surface area contributed by atoms with Crippen LogP contribution in [0.4, 0.5) is 0 Å². The number of carbonyl (C=O) groups excluding carboxylic acids is 2. The first-order valence-corrected chi connectivity index (χ1v) is 15.1. The molecule has 1 rings (SSSR count). The molecule has 4 atom stereocenters. The van der Waals surface area contributed by atoms with E-state index in [2.05, 4.69) is 13.8 Å². The van der Waals surface area contributed by atoms with Crippen LogP contribution in [0.1, 0.15) is 104 Å². The molecule has 0 aromatic rings. The van der Waals surface area contributed by atoms with E-state index in [-0.39, 0.29) is 61.8 Å². The quantitative estimate of drug-likeness (QED) is 0.0766. The molecular weight excluding hydrogens is 530 g/mol. The predicted octanol–water partition coefficient (Wildman–Crippen LogP) is -0.0869. The van der Waals surface area contributed by atoms with Crippen LogP contribution in [0, 0.1) is 0 Å². The summed E-state index contributed by atoms with van der Waals surface area (Å²) in [6.07, 6.45) is 2.94. The van der Waals surface area contributed by atoms with Crippen LogP contribution in [0.5, 0.6) is 0 Å². The van der Waals surface area contributed by atoms with Gasteiger partial charge in [0.1, 0.15) is 12.7 Å². The van der Waals surface area contributed by atoms with E-state index in [1.807, 2.05) is 0 Å². The Morgan fingerprint density at radius 3 is 1.87 bits per heavy atom. The Balaban J connectivity index is 0.0000137. The summed E-state index contributed by atoms with van der Waals surface area (Å²) < 4.78 is 32.6. The zero-order chi connectivity index (χ0) is 27.7. The standard InChI is InChI=1S/C25H47O11P.Na/c1-3-5-7-9-11-13-23(29)33-17-20(35-24(30)14-12-10-8-6-4-2)18-34-37(31,32)36-25-21(27)15-19(26)16-22(25)28;/h19-22,25-28H,3-18H2,1-2H3,(H,31,32);/q;+1/p-1/t19?,20-,21+,22+,25?;/m1./s1. The van der Waals surface area contributed by atoms with Gasteiger partial charge in [0.25, 0.3) is 7.82 Å². The van der Waals surface area contributed by atoms with Crippen molar-refractivity contribution in [1.29, 1.82) is 0 Å². The molecule has 0 spiro atoms. The van der Waals surface area contributed by atoms with Gasteiger partial charge in [-0.2, -0.15) is 0 Å². The number of esters is 2. The SMILES string of the molecule is CCCCCCCC(=O)OC[C@H](COP(=O)([O-])OC1[C@@H](O)CC(O)C[C@@H]1O)OC(=O)CCCCCCC.[Na+]. The summed E-state index contributed by atoms with van der Waals surface area (Å²) in [6.45, 7) is 3.14. The third kappa shape index (κ3) is 17.6. The molecule has 218 valence electrons. The fourth-order valence-electron chi connectivity index (χ4n) is 4.04. The number of rotatable bonds is 20. The van der Waals surface area contributed by atoms with Crippen molar-refractivity contribution in [3.05, 3.63) is 0 Å². The minimum atomic E-state index is -5.05. The van der Waals surface area contributed by atoms with Crippen LogP contribution in [0.25, 0.3) is 0 Å². The molecule has 0 aliphatic heterocycles. The van der Waals surface area contributed by atoms with Crippen LogP contribution in [0.2, 0.25) is 0 Å². The smallest absolute Gasteiger partial charge is 0.756 e. The average molecular weight is 577 g/mol. The van der Waals surface area contributed by atoms with Crippen LogP contribution < -0.4 is 34.5 Å². The number of aliphatic hydroxyl groups is 3. The van der Waals surface area contributed by atoms with E-state index in [9.17, 15) is 34.4 Å². The van der Waals surface area contributed by atoms with E-state index in [0.29, 0.717) is 12.8 Å². The zero-order valence-corrected chi connectivity index (χ0v) is 26.1. The number of aliphatic hydroxyl groups excluding tert-OH is 3. The molecule has 0 aromatic heterocycles. The Morgan fingerprint density at radius 1 is 0.842 bits per heavy atom. The number of phosphoric acid groups is 1. The molecule has 0 aromatic carbocycles. The summed E-state index contributed by atoms with van der Waals surface area (Å²) in [4.78, 5) is 36.7. The summed E-state index contributed by atoms with van der Waals surface area (Å²) in [5, 5.41) is 29.5. The third-order valence-electron chi connectivity index (χ3n) is 6.15. The molecule has 0 saturated heterocycles. The fraction of sp³-hybridized carbons (Fsp3) is 0.920. The second-order valence-electron chi connectivity index (χ2n) is 9.70. The second-order valence-corrected chi connectivity index (χ2v) is 11.1. The van der Waals surface area contributed by atoms with Crippen molar-refractivity contribution in [1.82, 2.24) is 0 Å². The molecule has 13 heteroatoms. The van der Waals surface area contributed by atoms with Gasteiger partial charge in [0, 0.05) is 25.7 Å². The van der Waals surface area contributed by atoms with E-state index in [0.717, 1.165) is 51.4 Å². The maximum Gasteiger partial charge on any atom is 1.00 e. The molecule has 3 N–H and O–H groups in total. The number of phosphoric ester groups is 1. The number of hydrogen-bond acceptors (Lipinski definition) is 11. The summed E-state index contributed by atoms with van der Waals surface area (Å²) in [7, 11) is -5.05. The molecule has 38 heavy (non-hydrogen) atoms. The topological polar surface area (TPSA) is 172 Å². The monoisotopic (exact) mass is 576 g/mol. The Hall–Kier alpha value is -0.0700. The summed E-state index contributed by atoms with van der Waals surface area (Å²) in [6, 6.07) is 0. The molecule has 1 aliphatic rings. The van der Waals surface area contributed by atoms with Gasteiger partial charge in [0.05, 0.1) is 24.9 Å². The Bertz CT molecular complexity index is 684. The van der Waals surface area contributed by atoms with Gasteiger partial charge in [0.2, 0.25) is 0 Å². The van der Waals surface area contributed by atoms with Crippen molar-refractivity contribution in [2.24, 2.45) is 0 Å². The summed E-state index contributed by atoms with van der Waals surface area (Å²) in [5.74, 6) is -1.04. The molecule has 1 aliphatic carbocycles. The Labute approximate surface area is 248 Å². The van der Waals surface area contributed by atoms with Gasteiger partial charge in [0.15, 0.2) is 6.10 Å². The minimum Gasteiger partial charge on any atom is -0.756 e. The maximum atomic E-state index is 12.4. The average Bonchev–Trinajstić information content (AvgIpc) is 2.83. The van der Waals surface area contributed by atoms with Crippen LogP contribution in [-0.4, -0.2) is 71.0 Å². The van der Waals surface area contributed by atoms with Gasteiger partial charge in [-0.25, -0.2) is 0 Å². The molecule has 0 heterocycles. The molecule has 0 bridgehead atoms. The summed E-state index contributed by atoms with van der Waals surface area (Å²) >= 11 is 0. The predicted molar refractivity (Wildman–Crippen MR) is 133 cm³/mol. The van der Waals surface area contributed by atoms with Crippen LogP contribution in [-0.2, 0) is 32.7 Å². The summed E-state index contributed by atoms with van der Waals surface area (Å²) in [5.41, 5.74) is 0. The van der Waals surface area contributed by atoms with Crippen molar-refractivity contribution < 1.29 is 82.4 Å². The van der Waals surface area contributed by atoms with Gasteiger partial charge >= 0.3 is 41.5 Å². The first-order valence-electron chi connectivity index (χ1n) is 13.6. The number of hydrogen-bond donors (Lipinski definition) is 3. The molecule has 0 radical (unpaired) electrons.